The van der Waals surface area contributed by atoms with E-state index in [1.54, 1.807) is 0 Å². The van der Waals surface area contributed by atoms with Crippen LogP contribution >= 0.6 is 10.3 Å². The molecule has 4 aliphatic carbocycles. The minimum Gasteiger partial charge on any atom is -0.402 e. The summed E-state index contributed by atoms with van der Waals surface area (Å²) in [7, 11) is -2.22. The molecular weight excluding hydrogens is 448 g/mol. The van der Waals surface area contributed by atoms with Crippen molar-refractivity contribution in [2.75, 3.05) is 0 Å². The molecule has 0 saturated heterocycles. The van der Waals surface area contributed by atoms with Crippen LogP contribution in [0.2, 0.25) is 0 Å². The first-order chi connectivity index (χ1) is 17.0. The molecule has 3 aromatic rings. The lowest BCUT2D eigenvalue weighted by Crippen LogP contribution is -2.50. The summed E-state index contributed by atoms with van der Waals surface area (Å²) in [6, 6.07) is 29.8. The third kappa shape index (κ3) is 3.93. The number of benzene rings is 3. The molecule has 0 N–H and O–H groups in total. The summed E-state index contributed by atoms with van der Waals surface area (Å²) in [5, 5.41) is 0. The van der Waals surface area contributed by atoms with E-state index in [1.165, 1.54) is 24.8 Å². The predicted molar refractivity (Wildman–Crippen MR) is 143 cm³/mol. The van der Waals surface area contributed by atoms with Crippen molar-refractivity contribution in [2.45, 2.75) is 73.0 Å². The SMILES string of the molecule is CC(C)c1ccc(S(OC(=O)C23CC4CC(CC(C4)C2)C3)(c2ccccc2)c2ccccc2)cc1. The van der Waals surface area contributed by atoms with Crippen LogP contribution in [-0.4, -0.2) is 5.97 Å². The van der Waals surface area contributed by atoms with Crippen molar-refractivity contribution < 1.29 is 8.98 Å². The summed E-state index contributed by atoms with van der Waals surface area (Å²) in [4.78, 5) is 17.7. The van der Waals surface area contributed by atoms with Crippen LogP contribution in [0, 0.1) is 23.2 Å². The minimum absolute atomic E-state index is 0.0484. The predicted octanol–water partition coefficient (Wildman–Crippen LogP) is 8.77. The molecule has 3 aromatic carbocycles. The number of hydrogen-bond acceptors (Lipinski definition) is 2. The molecule has 0 heterocycles. The Morgan fingerprint density at radius 2 is 1.14 bits per heavy atom. The van der Waals surface area contributed by atoms with Crippen LogP contribution in [0.1, 0.15) is 63.9 Å². The summed E-state index contributed by atoms with van der Waals surface area (Å²) in [6.07, 6.45) is 7.01. The van der Waals surface area contributed by atoms with Gasteiger partial charge < -0.3 is 4.18 Å². The van der Waals surface area contributed by atoms with Crippen molar-refractivity contribution in [1.82, 2.24) is 0 Å². The molecule has 182 valence electrons. The van der Waals surface area contributed by atoms with Gasteiger partial charge in [0.15, 0.2) is 0 Å². The smallest absolute Gasteiger partial charge is 0.323 e. The van der Waals surface area contributed by atoms with Crippen molar-refractivity contribution in [3.05, 3.63) is 90.5 Å². The zero-order chi connectivity index (χ0) is 24.0. The molecule has 2 nitrogen and oxygen atoms in total. The zero-order valence-corrected chi connectivity index (χ0v) is 21.7. The van der Waals surface area contributed by atoms with Crippen molar-refractivity contribution in [3.63, 3.8) is 0 Å². The molecule has 7 rings (SSSR count). The van der Waals surface area contributed by atoms with Crippen LogP contribution in [0.3, 0.4) is 0 Å². The van der Waals surface area contributed by atoms with E-state index in [0.29, 0.717) is 23.7 Å². The maximum atomic E-state index is 14.4. The van der Waals surface area contributed by atoms with Gasteiger partial charge in [-0.15, -0.1) is 0 Å². The Hall–Kier alpha value is -2.52. The fourth-order valence-electron chi connectivity index (χ4n) is 7.38. The molecule has 4 aliphatic rings. The lowest BCUT2D eigenvalue weighted by molar-refractivity contribution is -0.160. The Bertz CT molecular complexity index is 1110. The molecule has 4 saturated carbocycles. The molecule has 0 unspecified atom stereocenters. The fraction of sp³-hybridized carbons (Fsp3) is 0.406. The summed E-state index contributed by atoms with van der Waals surface area (Å²) in [5.74, 6) is 2.62. The second-order valence-corrected chi connectivity index (χ2v) is 14.2. The van der Waals surface area contributed by atoms with Gasteiger partial charge in [0, 0.05) is 14.7 Å². The summed E-state index contributed by atoms with van der Waals surface area (Å²) in [6.45, 7) is 4.44. The van der Waals surface area contributed by atoms with Crippen LogP contribution in [-0.2, 0) is 8.98 Å². The summed E-state index contributed by atoms with van der Waals surface area (Å²) in [5.41, 5.74) is 1.00. The second-order valence-electron chi connectivity index (χ2n) is 11.5. The van der Waals surface area contributed by atoms with Gasteiger partial charge in [0.2, 0.25) is 0 Å². The van der Waals surface area contributed by atoms with Gasteiger partial charge in [0.05, 0.1) is 5.41 Å². The average Bonchev–Trinajstić information content (AvgIpc) is 2.87. The molecule has 4 bridgehead atoms. The minimum atomic E-state index is -2.22. The molecule has 0 atom stereocenters. The first-order valence-electron chi connectivity index (χ1n) is 13.3. The van der Waals surface area contributed by atoms with Crippen LogP contribution in [0.4, 0.5) is 0 Å². The third-order valence-corrected chi connectivity index (χ3v) is 11.9. The lowest BCUT2D eigenvalue weighted by Gasteiger charge is -2.56. The van der Waals surface area contributed by atoms with Crippen molar-refractivity contribution in [1.29, 1.82) is 0 Å². The highest BCUT2D eigenvalue weighted by molar-refractivity contribution is 8.30. The molecule has 0 radical (unpaired) electrons. The topological polar surface area (TPSA) is 26.3 Å². The van der Waals surface area contributed by atoms with Gasteiger partial charge in [-0.3, -0.25) is 4.79 Å². The van der Waals surface area contributed by atoms with Crippen molar-refractivity contribution >= 4 is 16.3 Å². The van der Waals surface area contributed by atoms with E-state index >= 15 is 0 Å². The molecule has 0 spiro atoms. The quantitative estimate of drug-likeness (QED) is 0.349. The van der Waals surface area contributed by atoms with E-state index in [9.17, 15) is 4.79 Å². The van der Waals surface area contributed by atoms with Gasteiger partial charge in [-0.2, -0.15) is 0 Å². The fourth-order valence-corrected chi connectivity index (χ4v) is 10.5. The number of hydrogen-bond donors (Lipinski definition) is 0. The van der Waals surface area contributed by atoms with Crippen LogP contribution in [0.15, 0.2) is 99.6 Å². The summed E-state index contributed by atoms with van der Waals surface area (Å²) < 4.78 is 7.03. The zero-order valence-electron chi connectivity index (χ0n) is 20.9. The normalized spacial score (nSPS) is 27.7. The number of carbonyl (C=O) groups is 1. The Balaban J connectivity index is 1.49. The maximum absolute atomic E-state index is 14.4. The van der Waals surface area contributed by atoms with E-state index in [0.717, 1.165) is 33.9 Å². The standard InChI is InChI=1S/C32H36O2S/c1-23(2)27-13-15-30(16-14-27)35(28-9-5-3-6-10-28,29-11-7-4-8-12-29)34-31(33)32-20-24-17-25(21-32)19-26(18-24)22-32/h3-16,23-26H,17-22H2,1-2H3. The van der Waals surface area contributed by atoms with E-state index in [2.05, 4.69) is 86.6 Å². The van der Waals surface area contributed by atoms with E-state index in [4.69, 9.17) is 4.18 Å². The molecular formula is C32H36O2S. The Labute approximate surface area is 211 Å². The average molecular weight is 485 g/mol. The van der Waals surface area contributed by atoms with E-state index < -0.39 is 10.3 Å². The largest absolute Gasteiger partial charge is 0.402 e. The maximum Gasteiger partial charge on any atom is 0.323 e. The molecule has 4 fully saturated rings. The van der Waals surface area contributed by atoms with Gasteiger partial charge in [0.1, 0.15) is 0 Å². The number of rotatable bonds is 6. The monoisotopic (exact) mass is 484 g/mol. The van der Waals surface area contributed by atoms with Gasteiger partial charge in [-0.1, -0.05) is 62.4 Å². The number of carbonyl (C=O) groups excluding carboxylic acids is 1. The molecule has 0 aliphatic heterocycles. The second kappa shape index (κ2) is 8.85. The summed E-state index contributed by atoms with van der Waals surface area (Å²) >= 11 is 0. The van der Waals surface area contributed by atoms with E-state index in [-0.39, 0.29) is 11.4 Å². The van der Waals surface area contributed by atoms with Crippen molar-refractivity contribution in [2.24, 2.45) is 23.2 Å². The van der Waals surface area contributed by atoms with Gasteiger partial charge in [0.25, 0.3) is 0 Å². The van der Waals surface area contributed by atoms with Crippen molar-refractivity contribution in [3.8, 4) is 0 Å². The third-order valence-electron chi connectivity index (χ3n) is 8.70. The Kier molecular flexibility index (Phi) is 5.79. The van der Waals surface area contributed by atoms with E-state index in [1.807, 2.05) is 12.1 Å². The highest BCUT2D eigenvalue weighted by Gasteiger charge is 2.57. The molecule has 35 heavy (non-hydrogen) atoms. The highest BCUT2D eigenvalue weighted by atomic mass is 32.3. The lowest BCUT2D eigenvalue weighted by atomic mass is 9.49. The van der Waals surface area contributed by atoms with Crippen LogP contribution in [0.25, 0.3) is 0 Å². The molecule has 0 amide bonds. The van der Waals surface area contributed by atoms with Crippen LogP contribution < -0.4 is 0 Å². The highest BCUT2D eigenvalue weighted by Crippen LogP contribution is 2.71. The van der Waals surface area contributed by atoms with Crippen LogP contribution in [0.5, 0.6) is 0 Å². The Morgan fingerprint density at radius 1 is 0.714 bits per heavy atom. The first-order valence-corrected chi connectivity index (χ1v) is 14.8. The van der Waals surface area contributed by atoms with Gasteiger partial charge in [-0.25, -0.2) is 0 Å². The van der Waals surface area contributed by atoms with Gasteiger partial charge >= 0.3 is 5.97 Å². The Morgan fingerprint density at radius 3 is 1.57 bits per heavy atom. The van der Waals surface area contributed by atoms with Gasteiger partial charge in [-0.05, 0) is 114 Å². The molecule has 0 aromatic heterocycles. The first kappa shape index (κ1) is 22.9. The molecule has 3 heteroatoms.